The first kappa shape index (κ1) is 34.8. The number of amides is 2. The van der Waals surface area contributed by atoms with Crippen LogP contribution in [0.3, 0.4) is 0 Å². The van der Waals surface area contributed by atoms with Crippen LogP contribution in [0.2, 0.25) is 0 Å². The van der Waals surface area contributed by atoms with Crippen LogP contribution in [0.25, 0.3) is 0 Å². The van der Waals surface area contributed by atoms with E-state index in [-0.39, 0.29) is 11.8 Å². The molecule has 7 heteroatoms. The molecular formula is C33H53N5O2. The van der Waals surface area contributed by atoms with Crippen LogP contribution < -0.4 is 21.8 Å². The maximum atomic E-state index is 12.0. The van der Waals surface area contributed by atoms with E-state index in [1.165, 1.54) is 62.1 Å². The smallest absolute Gasteiger partial charge is 0.272 e. The van der Waals surface area contributed by atoms with E-state index in [1.807, 2.05) is 13.8 Å². The number of nitrogens with one attached hydrogen (secondary N) is 3. The molecule has 0 bridgehead atoms. The summed E-state index contributed by atoms with van der Waals surface area (Å²) in [6.45, 7) is 27.9. The Morgan fingerprint density at radius 1 is 0.675 bits per heavy atom. The van der Waals surface area contributed by atoms with Gasteiger partial charge in [0.15, 0.2) is 5.71 Å². The fourth-order valence-corrected chi connectivity index (χ4v) is 4.92. The lowest BCUT2D eigenvalue weighted by atomic mass is 9.85. The first-order chi connectivity index (χ1) is 18.8. The molecule has 0 fully saturated rings. The minimum absolute atomic E-state index is 0.0980. The second kappa shape index (κ2) is 16.2. The highest BCUT2D eigenvalue weighted by atomic mass is 16.2. The molecule has 222 valence electrons. The molecule has 0 spiro atoms. The fourth-order valence-electron chi connectivity index (χ4n) is 4.92. The van der Waals surface area contributed by atoms with Gasteiger partial charge in [0.1, 0.15) is 0 Å². The zero-order chi connectivity index (χ0) is 30.7. The lowest BCUT2D eigenvalue weighted by Gasteiger charge is -2.25. The van der Waals surface area contributed by atoms with Crippen LogP contribution in [0, 0.1) is 55.4 Å². The summed E-state index contributed by atoms with van der Waals surface area (Å²) >= 11 is 0. The summed E-state index contributed by atoms with van der Waals surface area (Å²) in [4.78, 5) is 23.4. The van der Waals surface area contributed by atoms with Crippen molar-refractivity contribution in [3.63, 3.8) is 0 Å². The minimum atomic E-state index is -0.0980. The van der Waals surface area contributed by atoms with E-state index in [0.29, 0.717) is 31.8 Å². The van der Waals surface area contributed by atoms with Crippen molar-refractivity contribution < 1.29 is 9.59 Å². The molecular weight excluding hydrogens is 498 g/mol. The highest BCUT2D eigenvalue weighted by molar-refractivity contribution is 6.46. The summed E-state index contributed by atoms with van der Waals surface area (Å²) in [6, 6.07) is 0. The number of nitrogens with zero attached hydrogens (tertiary/aromatic N) is 1. The van der Waals surface area contributed by atoms with Crippen LogP contribution in [-0.2, 0) is 29.1 Å². The topological polar surface area (TPSA) is 109 Å². The van der Waals surface area contributed by atoms with Gasteiger partial charge in [0, 0.05) is 25.2 Å². The van der Waals surface area contributed by atoms with Gasteiger partial charge in [0.05, 0.1) is 6.42 Å². The number of hydrogen-bond donors (Lipinski definition) is 4. The van der Waals surface area contributed by atoms with Crippen molar-refractivity contribution >= 4 is 17.5 Å². The Hall–Kier alpha value is -3.19. The van der Waals surface area contributed by atoms with Crippen molar-refractivity contribution in [2.24, 2.45) is 10.8 Å². The van der Waals surface area contributed by atoms with Gasteiger partial charge in [-0.05, 0) is 130 Å². The first-order valence-electron chi connectivity index (χ1n) is 14.6. The second-order valence-corrected chi connectivity index (χ2v) is 10.5. The van der Waals surface area contributed by atoms with E-state index in [9.17, 15) is 9.59 Å². The van der Waals surface area contributed by atoms with Gasteiger partial charge < -0.3 is 21.8 Å². The molecule has 2 heterocycles. The van der Waals surface area contributed by atoms with Crippen LogP contribution in [0.1, 0.15) is 101 Å². The van der Waals surface area contributed by atoms with E-state index in [2.05, 4.69) is 90.4 Å². The van der Waals surface area contributed by atoms with Gasteiger partial charge in [0.25, 0.3) is 5.91 Å². The molecule has 0 unspecified atom stereocenters. The second-order valence-electron chi connectivity index (χ2n) is 10.5. The molecule has 2 aromatic carbocycles. The van der Waals surface area contributed by atoms with Crippen molar-refractivity contribution in [2.45, 2.75) is 109 Å². The molecule has 2 aliphatic rings. The van der Waals surface area contributed by atoms with Crippen molar-refractivity contribution in [3.05, 3.63) is 66.8 Å². The molecule has 0 atom stereocenters. The number of hydrogen-bond acceptors (Lipinski definition) is 5. The highest BCUT2D eigenvalue weighted by Crippen LogP contribution is 2.30. The summed E-state index contributed by atoms with van der Waals surface area (Å²) in [6.07, 6.45) is 1.79. The summed E-state index contributed by atoms with van der Waals surface area (Å²) in [7, 11) is 0. The predicted molar refractivity (Wildman–Crippen MR) is 169 cm³/mol. The van der Waals surface area contributed by atoms with Gasteiger partial charge in [-0.1, -0.05) is 27.2 Å². The van der Waals surface area contributed by atoms with Crippen LogP contribution in [0.5, 0.6) is 0 Å². The maximum Gasteiger partial charge on any atom is 0.272 e. The molecule has 0 saturated carbocycles. The number of nitrogens with two attached hydrogens (primary N) is 1. The molecule has 4 rings (SSSR count). The van der Waals surface area contributed by atoms with Crippen molar-refractivity contribution in [1.29, 1.82) is 0 Å². The van der Waals surface area contributed by atoms with Gasteiger partial charge >= 0.3 is 0 Å². The van der Waals surface area contributed by atoms with E-state index in [1.54, 1.807) is 0 Å². The average Bonchev–Trinajstić information content (AvgIpc) is 2.93. The van der Waals surface area contributed by atoms with Gasteiger partial charge in [0.2, 0.25) is 5.91 Å². The Balaban J connectivity index is 0.000000340. The lowest BCUT2D eigenvalue weighted by Crippen LogP contribution is -2.39. The third-order valence-corrected chi connectivity index (χ3v) is 7.80. The molecule has 7 nitrogen and oxygen atoms in total. The fraction of sp³-hybridized carbons (Fsp3) is 0.545. The van der Waals surface area contributed by atoms with E-state index >= 15 is 0 Å². The Morgan fingerprint density at radius 3 is 1.60 bits per heavy atom. The van der Waals surface area contributed by atoms with Crippen molar-refractivity contribution in [3.8, 4) is 0 Å². The summed E-state index contributed by atoms with van der Waals surface area (Å²) < 4.78 is 0. The first-order valence-corrected chi connectivity index (χ1v) is 14.6. The summed E-state index contributed by atoms with van der Waals surface area (Å²) in [5, 5.41) is 10.1. The number of fused-ring (bicyclic) bond motifs is 2. The normalized spacial score (nSPS) is 14.2. The van der Waals surface area contributed by atoms with Crippen molar-refractivity contribution in [1.82, 2.24) is 16.1 Å². The van der Waals surface area contributed by atoms with Crippen LogP contribution in [0.4, 0.5) is 0 Å². The maximum absolute atomic E-state index is 12.0. The van der Waals surface area contributed by atoms with Gasteiger partial charge in [-0.25, -0.2) is 0 Å². The van der Waals surface area contributed by atoms with Gasteiger partial charge in [-0.2, -0.15) is 5.10 Å². The molecule has 2 amide bonds. The quantitative estimate of drug-likeness (QED) is 0.378. The molecule has 0 aliphatic carbocycles. The molecule has 40 heavy (non-hydrogen) atoms. The zero-order valence-corrected chi connectivity index (χ0v) is 27.1. The number of rotatable bonds is 2. The number of carbonyl (C=O) groups is 2. The van der Waals surface area contributed by atoms with Crippen LogP contribution in [0.15, 0.2) is 5.10 Å². The molecule has 0 saturated heterocycles. The third kappa shape index (κ3) is 7.94. The number of carbonyl (C=O) groups excluding carboxylic acids is 2. The number of hydrazone groups is 1. The lowest BCUT2D eigenvalue weighted by molar-refractivity contribution is -0.121. The molecule has 0 radical (unpaired) electrons. The number of benzene rings is 2. The highest BCUT2D eigenvalue weighted by Gasteiger charge is 2.28. The molecule has 2 aliphatic heterocycles. The Kier molecular flexibility index (Phi) is 14.1. The van der Waals surface area contributed by atoms with Crippen molar-refractivity contribution in [2.75, 3.05) is 13.1 Å². The van der Waals surface area contributed by atoms with E-state index in [4.69, 9.17) is 5.73 Å². The predicted octanol–water partition coefficient (Wildman–Crippen LogP) is 5.34. The Morgan fingerprint density at radius 2 is 1.10 bits per heavy atom. The zero-order valence-electron chi connectivity index (χ0n) is 27.1. The molecule has 5 N–H and O–H groups in total. The van der Waals surface area contributed by atoms with Crippen LogP contribution >= 0.6 is 0 Å². The molecule has 2 aromatic rings. The third-order valence-electron chi connectivity index (χ3n) is 7.80. The average molecular weight is 552 g/mol. The van der Waals surface area contributed by atoms with E-state index in [0.717, 1.165) is 17.7 Å². The van der Waals surface area contributed by atoms with Gasteiger partial charge in [-0.3, -0.25) is 9.59 Å². The van der Waals surface area contributed by atoms with Gasteiger partial charge in [-0.15, -0.1) is 0 Å². The standard InChI is InChI=1S/C15H21N3O.C13H17NO.C3H8.C2H7N/c1-6-17-18-14-13-11(5)9(3)8(2)10(4)12(13)7-16-15(14)19;1-7-8(2)10(4)12-6-14-13(15)5-11(12)9(7)3;1-3-2;1-2-3/h17H,6-7H2,1-5H3,(H,16,19);5-6H2,1-4H3,(H,14,15);3H2,1-2H3;2-3H2,1H3/b18-14-;;;. The summed E-state index contributed by atoms with van der Waals surface area (Å²) in [5.41, 5.74) is 23.3. The largest absolute Gasteiger partial charge is 0.352 e. The Bertz CT molecular complexity index is 1240. The SMILES string of the molecule is CCC.CCN.CCN/N=C1\C(=O)NCc2c(C)c(C)c(C)c(C)c21.Cc1c(C)c(C)c2c(c1C)CNC(=O)C2. The monoisotopic (exact) mass is 551 g/mol. The minimum Gasteiger partial charge on any atom is -0.352 e. The summed E-state index contributed by atoms with van der Waals surface area (Å²) in [5.74, 6) is 0.0486. The van der Waals surface area contributed by atoms with E-state index < -0.39 is 0 Å². The molecule has 0 aromatic heterocycles. The van der Waals surface area contributed by atoms with Crippen LogP contribution in [-0.4, -0.2) is 30.6 Å². The Labute approximate surface area is 242 Å².